The molecule has 4 saturated carbocycles. The fourth-order valence-corrected chi connectivity index (χ4v) is 11.4. The van der Waals surface area contributed by atoms with Crippen LogP contribution in [0.2, 0.25) is 0 Å². The van der Waals surface area contributed by atoms with Gasteiger partial charge in [-0.1, -0.05) is 178 Å². The summed E-state index contributed by atoms with van der Waals surface area (Å²) in [5.41, 5.74) is 1.39. The maximum Gasteiger partial charge on any atom is 0 e. The van der Waals surface area contributed by atoms with Gasteiger partial charge in [0.05, 0.1) is 0 Å². The Morgan fingerprint density at radius 3 is 1.64 bits per heavy atom. The van der Waals surface area contributed by atoms with Gasteiger partial charge in [-0.15, -0.1) is 0 Å². The minimum absolute atomic E-state index is 0. The Kier molecular flexibility index (Phi) is 19.9. The van der Waals surface area contributed by atoms with Crippen molar-refractivity contribution >= 4 is 0 Å². The first-order valence-electron chi connectivity index (χ1n) is 21.3. The third kappa shape index (κ3) is 11.6. The van der Waals surface area contributed by atoms with Crippen LogP contribution in [0.3, 0.4) is 0 Å². The molecule has 44 heavy (non-hydrogen) atoms. The van der Waals surface area contributed by atoms with E-state index < -0.39 is 0 Å². The highest BCUT2D eigenvalue weighted by molar-refractivity contribution is 5.09. The molecule has 0 bridgehead atoms. The largest absolute Gasteiger partial charge is 0.0683 e. The predicted octanol–water partition coefficient (Wildman–Crippen LogP) is 16.4. The summed E-state index contributed by atoms with van der Waals surface area (Å²) in [5, 5.41) is 0. The molecule has 0 aliphatic heterocycles. The van der Waals surface area contributed by atoms with Crippen LogP contribution in [0.25, 0.3) is 0 Å². The van der Waals surface area contributed by atoms with Crippen LogP contribution in [0.4, 0.5) is 0 Å². The fraction of sp³-hybridized carbons (Fsp3) is 1.00. The SMILES string of the molecule is CC.CC(C)CCCC(C)[C@H]1CCC2C3CCC4CCCC[C@]4(C)C3CCC21C.CCCCCCCCCCCCCCC.[HH].[HH].[HH]. The number of fused-ring (bicyclic) bond motifs is 5. The van der Waals surface area contributed by atoms with Crippen molar-refractivity contribution < 1.29 is 4.28 Å². The molecule has 0 radical (unpaired) electrons. The van der Waals surface area contributed by atoms with Crippen LogP contribution in [-0.4, -0.2) is 0 Å². The Hall–Kier alpha value is 0. The lowest BCUT2D eigenvalue weighted by Gasteiger charge is -2.61. The molecular weight excluding hydrogens is 528 g/mol. The molecule has 268 valence electrons. The van der Waals surface area contributed by atoms with Crippen molar-refractivity contribution in [3.63, 3.8) is 0 Å². The molecule has 0 aromatic rings. The van der Waals surface area contributed by atoms with Crippen LogP contribution in [0.5, 0.6) is 0 Å². The van der Waals surface area contributed by atoms with Crippen molar-refractivity contribution in [2.24, 2.45) is 52.3 Å². The maximum atomic E-state index is 2.75. The molecule has 0 aromatic carbocycles. The zero-order chi connectivity index (χ0) is 32.4. The average molecular weight is 621 g/mol. The molecule has 4 fully saturated rings. The Morgan fingerprint density at radius 1 is 0.545 bits per heavy atom. The van der Waals surface area contributed by atoms with Crippen molar-refractivity contribution in [1.29, 1.82) is 0 Å². The van der Waals surface area contributed by atoms with Gasteiger partial charge in [0.1, 0.15) is 0 Å². The molecule has 4 rings (SSSR count). The van der Waals surface area contributed by atoms with Crippen molar-refractivity contribution in [1.82, 2.24) is 0 Å². The van der Waals surface area contributed by atoms with E-state index in [9.17, 15) is 0 Å². The molecule has 0 nitrogen and oxygen atoms in total. The van der Waals surface area contributed by atoms with E-state index in [0.717, 1.165) is 41.4 Å². The summed E-state index contributed by atoms with van der Waals surface area (Å²) in [6, 6.07) is 0. The van der Waals surface area contributed by atoms with Gasteiger partial charge in [0.15, 0.2) is 0 Å². The van der Waals surface area contributed by atoms with Crippen molar-refractivity contribution in [3.05, 3.63) is 0 Å². The van der Waals surface area contributed by atoms with Gasteiger partial charge in [-0.25, -0.2) is 0 Å². The van der Waals surface area contributed by atoms with Crippen molar-refractivity contribution in [3.8, 4) is 0 Å². The number of hydrogen-bond acceptors (Lipinski definition) is 0. The molecule has 0 heteroatoms. The van der Waals surface area contributed by atoms with E-state index in [1.807, 2.05) is 13.8 Å². The average Bonchev–Trinajstić information content (AvgIpc) is 3.38. The molecule has 0 spiro atoms. The minimum atomic E-state index is 0. The summed E-state index contributed by atoms with van der Waals surface area (Å²) < 4.78 is 0. The second kappa shape index (κ2) is 21.8. The van der Waals surface area contributed by atoms with E-state index in [-0.39, 0.29) is 4.28 Å². The normalized spacial score (nSPS) is 33.3. The zero-order valence-corrected chi connectivity index (χ0v) is 32.4. The maximum absolute atomic E-state index is 2.75. The molecule has 8 atom stereocenters. The fourth-order valence-electron chi connectivity index (χ4n) is 11.4. The zero-order valence-electron chi connectivity index (χ0n) is 32.4. The molecule has 0 amide bonds. The van der Waals surface area contributed by atoms with Gasteiger partial charge in [-0.05, 0) is 104 Å². The Morgan fingerprint density at radius 2 is 1.09 bits per heavy atom. The minimum Gasteiger partial charge on any atom is -0.0683 e. The highest BCUT2D eigenvalue weighted by Gasteiger charge is 2.60. The lowest BCUT2D eigenvalue weighted by Crippen LogP contribution is -2.53. The van der Waals surface area contributed by atoms with Crippen LogP contribution >= 0.6 is 0 Å². The van der Waals surface area contributed by atoms with E-state index in [2.05, 4.69) is 48.5 Å². The van der Waals surface area contributed by atoms with Gasteiger partial charge in [-0.2, -0.15) is 0 Å². The molecule has 0 saturated heterocycles. The van der Waals surface area contributed by atoms with Crippen LogP contribution in [0, 0.1) is 52.3 Å². The summed E-state index contributed by atoms with van der Waals surface area (Å²) in [4.78, 5) is 0. The first kappa shape index (κ1) is 40.2. The summed E-state index contributed by atoms with van der Waals surface area (Å²) in [5.74, 6) is 7.15. The summed E-state index contributed by atoms with van der Waals surface area (Å²) in [6.45, 7) is 21.5. The molecule has 6 unspecified atom stereocenters. The molecule has 4 aliphatic rings. The van der Waals surface area contributed by atoms with Gasteiger partial charge >= 0.3 is 0 Å². The lowest BCUT2D eigenvalue weighted by atomic mass is 9.44. The van der Waals surface area contributed by atoms with E-state index >= 15 is 0 Å². The molecular formula is C44H92. The second-order valence-corrected chi connectivity index (χ2v) is 17.3. The first-order chi connectivity index (χ1) is 21.3. The summed E-state index contributed by atoms with van der Waals surface area (Å²) >= 11 is 0. The number of hydrogen-bond donors (Lipinski definition) is 0. The number of unbranched alkanes of at least 4 members (excludes halogenated alkanes) is 12. The lowest BCUT2D eigenvalue weighted by molar-refractivity contribution is -0.114. The highest BCUT2D eigenvalue weighted by Crippen LogP contribution is 2.68. The van der Waals surface area contributed by atoms with Crippen LogP contribution < -0.4 is 0 Å². The smallest absolute Gasteiger partial charge is 0 e. The quantitative estimate of drug-likeness (QED) is 0.142. The molecule has 0 heterocycles. The van der Waals surface area contributed by atoms with Crippen molar-refractivity contribution in [2.45, 2.75) is 229 Å². The van der Waals surface area contributed by atoms with Crippen molar-refractivity contribution in [2.75, 3.05) is 0 Å². The van der Waals surface area contributed by atoms with Gasteiger partial charge < -0.3 is 0 Å². The van der Waals surface area contributed by atoms with Crippen LogP contribution in [-0.2, 0) is 0 Å². The van der Waals surface area contributed by atoms with Crippen LogP contribution in [0.1, 0.15) is 234 Å². The second-order valence-electron chi connectivity index (χ2n) is 17.3. The summed E-state index contributed by atoms with van der Waals surface area (Å²) in [7, 11) is 0. The number of rotatable bonds is 17. The van der Waals surface area contributed by atoms with E-state index in [0.29, 0.717) is 10.8 Å². The summed E-state index contributed by atoms with van der Waals surface area (Å²) in [6.07, 6.45) is 38.8. The molecule has 0 N–H and O–H groups in total. The molecule has 4 aliphatic carbocycles. The van der Waals surface area contributed by atoms with Gasteiger partial charge in [0.2, 0.25) is 0 Å². The Balaban J connectivity index is 0. The molecule has 0 aromatic heterocycles. The van der Waals surface area contributed by atoms with E-state index in [1.165, 1.54) is 116 Å². The monoisotopic (exact) mass is 621 g/mol. The Bertz CT molecular complexity index is 696. The first-order valence-corrected chi connectivity index (χ1v) is 21.3. The Labute approximate surface area is 285 Å². The van der Waals surface area contributed by atoms with E-state index in [1.54, 1.807) is 51.4 Å². The standard InChI is InChI=1S/C27H48.C15H32.C2H6.3H2/c1-19(2)9-8-10-20(3)23-14-15-24-22-13-12-21-11-6-7-17-26(21,4)25(22)16-18-27(23,24)5;1-3-5-7-9-11-13-15-14-12-10-8-6-4-2;1-2;;;/h19-25H,6-18H2,1-5H3;3-15H2,1-2H3;1-2H3;3*1H/t20?,21?,22?,23-,24?,25?,26+,27?;;;;;/m1...../s1. The van der Waals surface area contributed by atoms with E-state index in [4.69, 9.17) is 0 Å². The topological polar surface area (TPSA) is 0 Å². The predicted molar refractivity (Wildman–Crippen MR) is 207 cm³/mol. The van der Waals surface area contributed by atoms with Gasteiger partial charge in [0, 0.05) is 4.28 Å². The van der Waals surface area contributed by atoms with Gasteiger partial charge in [0.25, 0.3) is 0 Å². The highest BCUT2D eigenvalue weighted by atomic mass is 14.6. The van der Waals surface area contributed by atoms with Gasteiger partial charge in [-0.3, -0.25) is 0 Å². The third-order valence-electron chi connectivity index (χ3n) is 14.0. The van der Waals surface area contributed by atoms with Crippen LogP contribution in [0.15, 0.2) is 0 Å². The third-order valence-corrected chi connectivity index (χ3v) is 14.0.